The van der Waals surface area contributed by atoms with Crippen LogP contribution in [0.4, 0.5) is 11.4 Å². The maximum Gasteiger partial charge on any atom is 0.267 e. The van der Waals surface area contributed by atoms with Gasteiger partial charge in [0.1, 0.15) is 5.75 Å². The molecule has 0 spiro atoms. The van der Waals surface area contributed by atoms with Crippen molar-refractivity contribution in [3.8, 4) is 5.75 Å². The van der Waals surface area contributed by atoms with Gasteiger partial charge in [0.15, 0.2) is 6.10 Å². The van der Waals surface area contributed by atoms with Gasteiger partial charge in [0.25, 0.3) is 5.91 Å². The van der Waals surface area contributed by atoms with Crippen LogP contribution in [0.1, 0.15) is 19.4 Å². The van der Waals surface area contributed by atoms with Crippen molar-refractivity contribution in [1.29, 1.82) is 0 Å². The molecule has 124 valence electrons. The molecule has 0 saturated carbocycles. The third-order valence-electron chi connectivity index (χ3n) is 4.10. The van der Waals surface area contributed by atoms with Gasteiger partial charge >= 0.3 is 0 Å². The van der Waals surface area contributed by atoms with Gasteiger partial charge in [-0.3, -0.25) is 9.59 Å². The van der Waals surface area contributed by atoms with E-state index >= 15 is 0 Å². The van der Waals surface area contributed by atoms with E-state index in [2.05, 4.69) is 5.32 Å². The molecule has 1 atom stereocenters. The van der Waals surface area contributed by atoms with E-state index in [1.807, 2.05) is 49.4 Å². The van der Waals surface area contributed by atoms with E-state index < -0.39 is 6.10 Å². The van der Waals surface area contributed by atoms with Crippen molar-refractivity contribution in [1.82, 2.24) is 0 Å². The van der Waals surface area contributed by atoms with Crippen LogP contribution in [0, 0.1) is 0 Å². The summed E-state index contributed by atoms with van der Waals surface area (Å²) in [7, 11) is 0. The van der Waals surface area contributed by atoms with Crippen molar-refractivity contribution in [2.24, 2.45) is 0 Å². The predicted octanol–water partition coefficient (Wildman–Crippen LogP) is 3.00. The number of rotatable bonds is 3. The maximum absolute atomic E-state index is 12.6. The van der Waals surface area contributed by atoms with Crippen LogP contribution in [0.15, 0.2) is 48.5 Å². The molecule has 1 N–H and O–H groups in total. The standard InChI is InChI=1S/C19H20N2O3/c1-3-14-8-4-5-9-15(14)20-19(23)18-12-21(13(2)22)16-10-6-7-11-17(16)24-18/h4-11,18H,3,12H2,1-2H3,(H,20,23). The summed E-state index contributed by atoms with van der Waals surface area (Å²) in [5.41, 5.74) is 2.54. The molecule has 2 aromatic rings. The van der Waals surface area contributed by atoms with Gasteiger partial charge in [-0.2, -0.15) is 0 Å². The molecule has 1 aliphatic heterocycles. The number of amides is 2. The Morgan fingerprint density at radius 1 is 1.17 bits per heavy atom. The van der Waals surface area contributed by atoms with E-state index in [0.29, 0.717) is 11.4 Å². The molecule has 0 radical (unpaired) electrons. The third kappa shape index (κ3) is 3.11. The molecule has 2 amide bonds. The minimum absolute atomic E-state index is 0.113. The molecule has 3 rings (SSSR count). The number of aryl methyl sites for hydroxylation is 1. The van der Waals surface area contributed by atoms with E-state index in [4.69, 9.17) is 4.74 Å². The van der Waals surface area contributed by atoms with Crippen molar-refractivity contribution in [3.63, 3.8) is 0 Å². The first-order valence-corrected chi connectivity index (χ1v) is 8.02. The first-order valence-electron chi connectivity index (χ1n) is 8.02. The highest BCUT2D eigenvalue weighted by Gasteiger charge is 2.32. The first-order chi connectivity index (χ1) is 11.6. The Morgan fingerprint density at radius 3 is 2.62 bits per heavy atom. The summed E-state index contributed by atoms with van der Waals surface area (Å²) in [4.78, 5) is 26.1. The normalized spacial score (nSPS) is 16.1. The number of carbonyl (C=O) groups is 2. The largest absolute Gasteiger partial charge is 0.476 e. The minimum atomic E-state index is -0.742. The Labute approximate surface area is 141 Å². The molecular weight excluding hydrogens is 304 g/mol. The molecular formula is C19H20N2O3. The molecule has 0 fully saturated rings. The van der Waals surface area contributed by atoms with Crippen LogP contribution in [-0.2, 0) is 16.0 Å². The number of hydrogen-bond acceptors (Lipinski definition) is 3. The Morgan fingerprint density at radius 2 is 1.88 bits per heavy atom. The fourth-order valence-electron chi connectivity index (χ4n) is 2.83. The predicted molar refractivity (Wildman–Crippen MR) is 93.3 cm³/mol. The number of carbonyl (C=O) groups excluding carboxylic acids is 2. The summed E-state index contributed by atoms with van der Waals surface area (Å²) < 4.78 is 5.81. The van der Waals surface area contributed by atoms with Crippen molar-refractivity contribution in [3.05, 3.63) is 54.1 Å². The molecule has 0 saturated heterocycles. The highest BCUT2D eigenvalue weighted by atomic mass is 16.5. The summed E-state index contributed by atoms with van der Waals surface area (Å²) in [6.07, 6.45) is 0.0819. The lowest BCUT2D eigenvalue weighted by Crippen LogP contribution is -2.48. The Hall–Kier alpha value is -2.82. The number of ether oxygens (including phenoxy) is 1. The number of hydrogen-bond donors (Lipinski definition) is 1. The quantitative estimate of drug-likeness (QED) is 0.944. The molecule has 1 unspecified atom stereocenters. The summed E-state index contributed by atoms with van der Waals surface area (Å²) >= 11 is 0. The summed E-state index contributed by atoms with van der Waals surface area (Å²) in [5, 5.41) is 2.92. The monoisotopic (exact) mass is 324 g/mol. The summed E-state index contributed by atoms with van der Waals surface area (Å²) in [6, 6.07) is 14.9. The van der Waals surface area contributed by atoms with Crippen molar-refractivity contribution >= 4 is 23.2 Å². The van der Waals surface area contributed by atoms with Gasteiger partial charge in [-0.05, 0) is 30.2 Å². The zero-order valence-electron chi connectivity index (χ0n) is 13.8. The Bertz CT molecular complexity index is 773. The number of para-hydroxylation sites is 3. The van der Waals surface area contributed by atoms with Crippen molar-refractivity contribution in [2.75, 3.05) is 16.8 Å². The number of nitrogens with one attached hydrogen (secondary N) is 1. The van der Waals surface area contributed by atoms with E-state index in [1.165, 1.54) is 6.92 Å². The van der Waals surface area contributed by atoms with Crippen LogP contribution in [0.3, 0.4) is 0 Å². The summed E-state index contributed by atoms with van der Waals surface area (Å²) in [6.45, 7) is 3.73. The number of fused-ring (bicyclic) bond motifs is 1. The van der Waals surface area contributed by atoms with Crippen LogP contribution >= 0.6 is 0 Å². The van der Waals surface area contributed by atoms with Gasteiger partial charge in [-0.15, -0.1) is 0 Å². The minimum Gasteiger partial charge on any atom is -0.476 e. The Kier molecular flexibility index (Phi) is 4.51. The van der Waals surface area contributed by atoms with Crippen LogP contribution in [0.2, 0.25) is 0 Å². The fraction of sp³-hybridized carbons (Fsp3) is 0.263. The fourth-order valence-corrected chi connectivity index (χ4v) is 2.83. The highest BCUT2D eigenvalue weighted by molar-refractivity contribution is 5.99. The van der Waals surface area contributed by atoms with Crippen molar-refractivity contribution < 1.29 is 14.3 Å². The third-order valence-corrected chi connectivity index (χ3v) is 4.10. The second-order valence-corrected chi connectivity index (χ2v) is 5.70. The Balaban J connectivity index is 1.83. The number of anilines is 2. The van der Waals surface area contributed by atoms with Gasteiger partial charge in [-0.25, -0.2) is 0 Å². The summed E-state index contributed by atoms with van der Waals surface area (Å²) in [5.74, 6) is 0.178. The lowest BCUT2D eigenvalue weighted by atomic mass is 10.1. The molecule has 24 heavy (non-hydrogen) atoms. The molecule has 5 heteroatoms. The van der Waals surface area contributed by atoms with Crippen LogP contribution in [-0.4, -0.2) is 24.5 Å². The van der Waals surface area contributed by atoms with Gasteiger partial charge in [0, 0.05) is 12.6 Å². The van der Waals surface area contributed by atoms with Crippen LogP contribution in [0.5, 0.6) is 5.75 Å². The maximum atomic E-state index is 12.6. The zero-order valence-corrected chi connectivity index (χ0v) is 13.8. The van der Waals surface area contributed by atoms with Gasteiger partial charge in [-0.1, -0.05) is 37.3 Å². The van der Waals surface area contributed by atoms with Crippen molar-refractivity contribution in [2.45, 2.75) is 26.4 Å². The number of benzene rings is 2. The lowest BCUT2D eigenvalue weighted by Gasteiger charge is -2.33. The second-order valence-electron chi connectivity index (χ2n) is 5.70. The molecule has 0 aliphatic carbocycles. The van der Waals surface area contributed by atoms with E-state index in [1.54, 1.807) is 11.0 Å². The van der Waals surface area contributed by atoms with E-state index in [0.717, 1.165) is 17.7 Å². The van der Waals surface area contributed by atoms with E-state index in [9.17, 15) is 9.59 Å². The average molecular weight is 324 g/mol. The molecule has 0 bridgehead atoms. The first kappa shape index (κ1) is 16.1. The lowest BCUT2D eigenvalue weighted by molar-refractivity contribution is -0.123. The zero-order chi connectivity index (χ0) is 17.1. The van der Waals surface area contributed by atoms with Crippen LogP contribution in [0.25, 0.3) is 0 Å². The molecule has 5 nitrogen and oxygen atoms in total. The highest BCUT2D eigenvalue weighted by Crippen LogP contribution is 2.33. The average Bonchev–Trinajstić information content (AvgIpc) is 2.61. The molecule has 1 heterocycles. The van der Waals surface area contributed by atoms with Crippen LogP contribution < -0.4 is 15.0 Å². The second kappa shape index (κ2) is 6.74. The van der Waals surface area contributed by atoms with Gasteiger partial charge in [0.05, 0.1) is 12.2 Å². The van der Waals surface area contributed by atoms with Gasteiger partial charge < -0.3 is 15.0 Å². The number of nitrogens with zero attached hydrogens (tertiary/aromatic N) is 1. The molecule has 1 aliphatic rings. The molecule has 0 aromatic heterocycles. The van der Waals surface area contributed by atoms with E-state index in [-0.39, 0.29) is 18.4 Å². The SMILES string of the molecule is CCc1ccccc1NC(=O)C1CN(C(C)=O)c2ccccc2O1. The smallest absolute Gasteiger partial charge is 0.267 e. The molecule has 2 aromatic carbocycles. The topological polar surface area (TPSA) is 58.6 Å². The van der Waals surface area contributed by atoms with Gasteiger partial charge in [0.2, 0.25) is 5.91 Å².